The predicted molar refractivity (Wildman–Crippen MR) is 93.7 cm³/mol. The maximum absolute atomic E-state index is 10.0. The van der Waals surface area contributed by atoms with Crippen molar-refractivity contribution < 1.29 is 14.6 Å². The topological polar surface area (TPSA) is 79.6 Å². The van der Waals surface area contributed by atoms with Gasteiger partial charge in [0.15, 0.2) is 5.76 Å². The van der Waals surface area contributed by atoms with Gasteiger partial charge < -0.3 is 20.4 Å². The van der Waals surface area contributed by atoms with Gasteiger partial charge in [-0.15, -0.1) is 0 Å². The molecule has 0 radical (unpaired) electrons. The summed E-state index contributed by atoms with van der Waals surface area (Å²) in [6, 6.07) is 12.3. The number of furan rings is 1. The molecule has 0 amide bonds. The second-order valence-electron chi connectivity index (χ2n) is 6.07. The highest BCUT2D eigenvalue weighted by Crippen LogP contribution is 2.46. The Bertz CT molecular complexity index is 965. The fourth-order valence-corrected chi connectivity index (χ4v) is 3.37. The van der Waals surface area contributed by atoms with Crippen LogP contribution in [0.3, 0.4) is 0 Å². The van der Waals surface area contributed by atoms with Gasteiger partial charge in [0.25, 0.3) is 0 Å². The van der Waals surface area contributed by atoms with Gasteiger partial charge in [-0.2, -0.15) is 0 Å². The predicted octanol–water partition coefficient (Wildman–Crippen LogP) is 4.10. The molecule has 1 heterocycles. The molecule has 1 aliphatic rings. The van der Waals surface area contributed by atoms with Gasteiger partial charge in [-0.3, -0.25) is 0 Å². The second kappa shape index (κ2) is 5.20. The molecule has 1 aromatic heterocycles. The van der Waals surface area contributed by atoms with Crippen LogP contribution in [0.4, 0.5) is 5.69 Å². The van der Waals surface area contributed by atoms with Crippen LogP contribution in [-0.2, 0) is 6.42 Å². The molecule has 120 valence electrons. The lowest BCUT2D eigenvalue weighted by molar-refractivity contribution is 0.474. The molecule has 4 N–H and O–H groups in total. The van der Waals surface area contributed by atoms with E-state index in [0.29, 0.717) is 11.4 Å². The third-order valence-electron chi connectivity index (χ3n) is 4.52. The number of anilines is 1. The number of aromatic hydroxyl groups is 2. The lowest BCUT2D eigenvalue weighted by Gasteiger charge is -2.09. The average Bonchev–Trinajstić information content (AvgIpc) is 3.11. The first-order valence-electron chi connectivity index (χ1n) is 7.73. The summed E-state index contributed by atoms with van der Waals surface area (Å²) in [6.07, 6.45) is 2.29. The summed E-state index contributed by atoms with van der Waals surface area (Å²) in [5.41, 5.74) is 12.7. The Morgan fingerprint density at radius 2 is 1.75 bits per heavy atom. The molecular formula is C20H17NO3. The SMILES string of the molecule is Cc1cc(O)cc2c1CC(c1ccc(O)cc1)=C2c1occc1N. The number of aryl methyl sites for hydroxylation is 1. The van der Waals surface area contributed by atoms with Crippen molar-refractivity contribution in [3.8, 4) is 11.5 Å². The van der Waals surface area contributed by atoms with Crippen molar-refractivity contribution in [3.05, 3.63) is 76.7 Å². The van der Waals surface area contributed by atoms with E-state index in [1.807, 2.05) is 19.1 Å². The van der Waals surface area contributed by atoms with Crippen molar-refractivity contribution in [3.63, 3.8) is 0 Å². The molecule has 4 rings (SSSR count). The van der Waals surface area contributed by atoms with E-state index < -0.39 is 0 Å². The Hall–Kier alpha value is -3.14. The van der Waals surface area contributed by atoms with Crippen molar-refractivity contribution in [2.24, 2.45) is 0 Å². The largest absolute Gasteiger partial charge is 0.508 e. The highest BCUT2D eigenvalue weighted by Gasteiger charge is 2.28. The van der Waals surface area contributed by atoms with Gasteiger partial charge in [0.2, 0.25) is 0 Å². The van der Waals surface area contributed by atoms with Crippen LogP contribution in [0.5, 0.6) is 11.5 Å². The number of nitrogen functional groups attached to an aromatic ring is 1. The maximum atomic E-state index is 10.0. The molecule has 0 saturated carbocycles. The summed E-state index contributed by atoms with van der Waals surface area (Å²) >= 11 is 0. The molecule has 0 unspecified atom stereocenters. The summed E-state index contributed by atoms with van der Waals surface area (Å²) in [7, 11) is 0. The molecule has 0 aliphatic heterocycles. The fraction of sp³-hybridized carbons (Fsp3) is 0.100. The molecule has 0 atom stereocenters. The first kappa shape index (κ1) is 14.5. The van der Waals surface area contributed by atoms with Crippen molar-refractivity contribution >= 4 is 16.8 Å². The molecule has 0 spiro atoms. The third kappa shape index (κ3) is 2.15. The van der Waals surface area contributed by atoms with E-state index in [-0.39, 0.29) is 11.5 Å². The van der Waals surface area contributed by atoms with E-state index in [1.54, 1.807) is 36.6 Å². The number of benzene rings is 2. The number of phenolic OH excluding ortho intramolecular Hbond substituents is 2. The monoisotopic (exact) mass is 319 g/mol. The zero-order chi connectivity index (χ0) is 16.8. The van der Waals surface area contributed by atoms with E-state index in [9.17, 15) is 10.2 Å². The lowest BCUT2D eigenvalue weighted by atomic mass is 9.97. The Labute approximate surface area is 139 Å². The van der Waals surface area contributed by atoms with Gasteiger partial charge in [0.1, 0.15) is 11.5 Å². The van der Waals surface area contributed by atoms with Gasteiger partial charge in [-0.25, -0.2) is 0 Å². The van der Waals surface area contributed by atoms with E-state index in [0.717, 1.165) is 39.8 Å². The first-order chi connectivity index (χ1) is 11.5. The summed E-state index contributed by atoms with van der Waals surface area (Å²) < 4.78 is 5.65. The van der Waals surface area contributed by atoms with Crippen LogP contribution in [0.25, 0.3) is 11.1 Å². The molecule has 3 aromatic rings. The van der Waals surface area contributed by atoms with Crippen molar-refractivity contribution in [1.29, 1.82) is 0 Å². The van der Waals surface area contributed by atoms with Gasteiger partial charge in [-0.05, 0) is 65.4 Å². The van der Waals surface area contributed by atoms with E-state index >= 15 is 0 Å². The Kier molecular flexibility index (Phi) is 3.13. The van der Waals surface area contributed by atoms with Gasteiger partial charge >= 0.3 is 0 Å². The van der Waals surface area contributed by atoms with Crippen molar-refractivity contribution in [2.45, 2.75) is 13.3 Å². The third-order valence-corrected chi connectivity index (χ3v) is 4.52. The van der Waals surface area contributed by atoms with Crippen molar-refractivity contribution in [1.82, 2.24) is 0 Å². The number of allylic oxidation sites excluding steroid dienone is 1. The Morgan fingerprint density at radius 3 is 2.42 bits per heavy atom. The molecule has 0 saturated heterocycles. The lowest BCUT2D eigenvalue weighted by Crippen LogP contribution is -1.93. The van der Waals surface area contributed by atoms with Crippen LogP contribution >= 0.6 is 0 Å². The minimum Gasteiger partial charge on any atom is -0.508 e. The zero-order valence-electron chi connectivity index (χ0n) is 13.2. The highest BCUT2D eigenvalue weighted by molar-refractivity contribution is 6.05. The molecule has 0 fully saturated rings. The molecule has 1 aliphatic carbocycles. The molecule has 0 bridgehead atoms. The number of hydrogen-bond donors (Lipinski definition) is 3. The van der Waals surface area contributed by atoms with Gasteiger partial charge in [-0.1, -0.05) is 12.1 Å². The second-order valence-corrected chi connectivity index (χ2v) is 6.07. The Balaban J connectivity index is 2.00. The molecule has 2 aromatic carbocycles. The normalized spacial score (nSPS) is 13.4. The number of fused-ring (bicyclic) bond motifs is 1. The Morgan fingerprint density at radius 1 is 1.00 bits per heavy atom. The molecule has 4 heteroatoms. The molecule has 24 heavy (non-hydrogen) atoms. The van der Waals surface area contributed by atoms with E-state index in [4.69, 9.17) is 10.2 Å². The standard InChI is InChI=1S/C20H17NO3/c1-11-8-14(23)9-17-15(11)10-16(12-2-4-13(22)5-3-12)19(17)20-18(21)6-7-24-20/h2-9,22-23H,10,21H2,1H3. The summed E-state index contributed by atoms with van der Waals surface area (Å²) in [5, 5.41) is 19.6. The quantitative estimate of drug-likeness (QED) is 0.664. The van der Waals surface area contributed by atoms with Gasteiger partial charge in [0.05, 0.1) is 12.0 Å². The van der Waals surface area contributed by atoms with Crippen molar-refractivity contribution in [2.75, 3.05) is 5.73 Å². The fourth-order valence-electron chi connectivity index (χ4n) is 3.37. The maximum Gasteiger partial charge on any atom is 0.157 e. The average molecular weight is 319 g/mol. The first-order valence-corrected chi connectivity index (χ1v) is 7.73. The summed E-state index contributed by atoms with van der Waals surface area (Å²) in [5.74, 6) is 1.06. The van der Waals surface area contributed by atoms with Crippen LogP contribution in [0, 0.1) is 6.92 Å². The van der Waals surface area contributed by atoms with Crippen LogP contribution in [0.15, 0.2) is 53.1 Å². The van der Waals surface area contributed by atoms with Crippen LogP contribution in [0.1, 0.15) is 28.0 Å². The van der Waals surface area contributed by atoms with E-state index in [1.165, 1.54) is 0 Å². The van der Waals surface area contributed by atoms with E-state index in [2.05, 4.69) is 0 Å². The van der Waals surface area contributed by atoms with Crippen LogP contribution < -0.4 is 5.73 Å². The number of phenols is 2. The number of hydrogen-bond acceptors (Lipinski definition) is 4. The highest BCUT2D eigenvalue weighted by atomic mass is 16.3. The zero-order valence-corrected chi connectivity index (χ0v) is 13.2. The number of rotatable bonds is 2. The molecular weight excluding hydrogens is 302 g/mol. The summed E-state index contributed by atoms with van der Waals surface area (Å²) in [6.45, 7) is 1.99. The number of nitrogens with two attached hydrogens (primary N) is 1. The minimum absolute atomic E-state index is 0.223. The minimum atomic E-state index is 0.223. The smallest absolute Gasteiger partial charge is 0.157 e. The van der Waals surface area contributed by atoms with Crippen LogP contribution in [-0.4, -0.2) is 10.2 Å². The van der Waals surface area contributed by atoms with Gasteiger partial charge in [0, 0.05) is 11.6 Å². The molecule has 4 nitrogen and oxygen atoms in total. The summed E-state index contributed by atoms with van der Waals surface area (Å²) in [4.78, 5) is 0. The van der Waals surface area contributed by atoms with Crippen LogP contribution in [0.2, 0.25) is 0 Å².